The minimum atomic E-state index is -0.264. The predicted octanol–water partition coefficient (Wildman–Crippen LogP) is 5.75. The number of aromatic nitrogens is 1. The Bertz CT molecular complexity index is 1140. The average Bonchev–Trinajstić information content (AvgIpc) is 3.27. The minimum Gasteiger partial charge on any atom is -0.466 e. The summed E-state index contributed by atoms with van der Waals surface area (Å²) in [6, 6.07) is 17.8. The van der Waals surface area contributed by atoms with Gasteiger partial charge in [0, 0.05) is 35.5 Å². The second kappa shape index (κ2) is 10.9. The Hall–Kier alpha value is -3.03. The van der Waals surface area contributed by atoms with Crippen LogP contribution in [0.4, 0.5) is 5.13 Å². The summed E-state index contributed by atoms with van der Waals surface area (Å²) in [6.45, 7) is 8.61. The fourth-order valence-corrected chi connectivity index (χ4v) is 4.90. The smallest absolute Gasteiger partial charge is 0.311 e. The van der Waals surface area contributed by atoms with Crippen LogP contribution in [0.25, 0.3) is 0 Å². The molecule has 1 aliphatic heterocycles. The molecule has 2 N–H and O–H groups in total. The Morgan fingerprint density at radius 3 is 2.41 bits per heavy atom. The number of hydrogen-bond acceptors (Lipinski definition) is 7. The van der Waals surface area contributed by atoms with E-state index < -0.39 is 0 Å². The number of piperidine rings is 1. The molecule has 34 heavy (non-hydrogen) atoms. The third-order valence-corrected chi connectivity index (χ3v) is 7.01. The molecule has 2 heterocycles. The number of benzene rings is 2. The van der Waals surface area contributed by atoms with Crippen molar-refractivity contribution in [3.8, 4) is 0 Å². The molecule has 7 heteroatoms. The summed E-state index contributed by atoms with van der Waals surface area (Å²) in [5.41, 5.74) is 9.95. The van der Waals surface area contributed by atoms with Crippen molar-refractivity contribution in [1.82, 2.24) is 10.3 Å². The Morgan fingerprint density at radius 2 is 1.76 bits per heavy atom. The molecule has 4 rings (SSSR count). The summed E-state index contributed by atoms with van der Waals surface area (Å²) in [4.78, 5) is 16.2. The number of carbonyl (C=O) groups is 1. The summed E-state index contributed by atoms with van der Waals surface area (Å²) >= 11 is 1.44. The van der Waals surface area contributed by atoms with Crippen molar-refractivity contribution in [2.24, 2.45) is 11.0 Å². The lowest BCUT2D eigenvalue weighted by molar-refractivity contribution is -0.142. The molecule has 3 unspecified atom stereocenters. The van der Waals surface area contributed by atoms with Crippen LogP contribution in [0, 0.1) is 19.8 Å². The summed E-state index contributed by atoms with van der Waals surface area (Å²) < 4.78 is 5.02. The van der Waals surface area contributed by atoms with Gasteiger partial charge in [-0.25, -0.2) is 4.98 Å². The standard InChI is InChI=1S/C27H32N4O2S/c1-5-33-25(32)14-22-16-34-27(28-22)31-30-23-15-24(20-10-6-17(2)7-11-20)29-26(19(23)4)21-12-8-18(3)9-13-21/h6-13,16,19,24,26,29H,5,14-15H2,1-4H3,(H,28,31)/b30-23+. The molecule has 0 radical (unpaired) electrons. The van der Waals surface area contributed by atoms with E-state index in [9.17, 15) is 4.79 Å². The van der Waals surface area contributed by atoms with Crippen LogP contribution in [0.15, 0.2) is 59.0 Å². The van der Waals surface area contributed by atoms with Gasteiger partial charge in [-0.3, -0.25) is 10.2 Å². The van der Waals surface area contributed by atoms with Gasteiger partial charge in [0.2, 0.25) is 5.13 Å². The van der Waals surface area contributed by atoms with E-state index in [2.05, 4.69) is 85.0 Å². The SMILES string of the molecule is CCOC(=O)Cc1csc(N/N=C2\CC(c3ccc(C)cc3)NC(c3ccc(C)cc3)C2C)n1. The first-order valence-corrected chi connectivity index (χ1v) is 12.6. The molecule has 0 bridgehead atoms. The molecule has 0 spiro atoms. The second-order valence-corrected chi connectivity index (χ2v) is 9.71. The van der Waals surface area contributed by atoms with Crippen LogP contribution < -0.4 is 10.7 Å². The zero-order chi connectivity index (χ0) is 24.1. The quantitative estimate of drug-likeness (QED) is 0.336. The van der Waals surface area contributed by atoms with Crippen molar-refractivity contribution in [2.75, 3.05) is 12.0 Å². The molecule has 6 nitrogen and oxygen atoms in total. The fourth-order valence-electron chi connectivity index (χ4n) is 4.25. The predicted molar refractivity (Wildman–Crippen MR) is 138 cm³/mol. The Balaban J connectivity index is 1.56. The highest BCUT2D eigenvalue weighted by atomic mass is 32.1. The topological polar surface area (TPSA) is 75.6 Å². The number of rotatable bonds is 7. The highest BCUT2D eigenvalue weighted by Gasteiger charge is 2.33. The molecule has 0 saturated carbocycles. The largest absolute Gasteiger partial charge is 0.466 e. The first-order chi connectivity index (χ1) is 16.4. The lowest BCUT2D eigenvalue weighted by Gasteiger charge is -2.37. The Labute approximate surface area is 205 Å². The maximum atomic E-state index is 11.7. The van der Waals surface area contributed by atoms with Crippen LogP contribution in [-0.4, -0.2) is 23.3 Å². The normalized spacial score (nSPS) is 21.4. The number of nitrogens with zero attached hydrogens (tertiary/aromatic N) is 2. The van der Waals surface area contributed by atoms with Gasteiger partial charge in [-0.15, -0.1) is 11.3 Å². The van der Waals surface area contributed by atoms with Crippen molar-refractivity contribution in [3.05, 3.63) is 81.9 Å². The van der Waals surface area contributed by atoms with E-state index in [0.29, 0.717) is 17.4 Å². The van der Waals surface area contributed by atoms with Crippen molar-refractivity contribution in [2.45, 2.75) is 52.6 Å². The van der Waals surface area contributed by atoms with Crippen LogP contribution in [0.3, 0.4) is 0 Å². The molecule has 1 saturated heterocycles. The van der Waals surface area contributed by atoms with Gasteiger partial charge in [-0.05, 0) is 31.9 Å². The number of carbonyl (C=O) groups excluding carboxylic acids is 1. The van der Waals surface area contributed by atoms with Gasteiger partial charge in [0.1, 0.15) is 0 Å². The molecule has 1 aromatic heterocycles. The lowest BCUT2D eigenvalue weighted by atomic mass is 9.81. The summed E-state index contributed by atoms with van der Waals surface area (Å²) in [5.74, 6) is -0.0598. The van der Waals surface area contributed by atoms with Crippen LogP contribution in [0.5, 0.6) is 0 Å². The number of hydrazone groups is 1. The average molecular weight is 477 g/mol. The molecule has 3 atom stereocenters. The summed E-state index contributed by atoms with van der Waals surface area (Å²) in [6.07, 6.45) is 0.981. The van der Waals surface area contributed by atoms with Crippen LogP contribution >= 0.6 is 11.3 Å². The number of hydrogen-bond donors (Lipinski definition) is 2. The Kier molecular flexibility index (Phi) is 7.75. The van der Waals surface area contributed by atoms with E-state index >= 15 is 0 Å². The molecule has 1 aliphatic rings. The number of aryl methyl sites for hydroxylation is 2. The zero-order valence-corrected chi connectivity index (χ0v) is 21.0. The number of ether oxygens (including phenoxy) is 1. The summed E-state index contributed by atoms with van der Waals surface area (Å²) in [5, 5.41) is 11.2. The second-order valence-electron chi connectivity index (χ2n) is 8.85. The molecular formula is C27H32N4O2S. The number of anilines is 1. The molecule has 178 valence electrons. The van der Waals surface area contributed by atoms with Crippen molar-refractivity contribution in [1.29, 1.82) is 0 Å². The van der Waals surface area contributed by atoms with Crippen LogP contribution in [-0.2, 0) is 16.0 Å². The molecule has 1 fully saturated rings. The van der Waals surface area contributed by atoms with Gasteiger partial charge < -0.3 is 10.1 Å². The monoisotopic (exact) mass is 476 g/mol. The van der Waals surface area contributed by atoms with E-state index in [1.165, 1.54) is 33.6 Å². The zero-order valence-electron chi connectivity index (χ0n) is 20.2. The molecule has 0 aliphatic carbocycles. The van der Waals surface area contributed by atoms with Gasteiger partial charge in [0.15, 0.2) is 0 Å². The number of thiazole rings is 1. The van der Waals surface area contributed by atoms with E-state index in [-0.39, 0.29) is 30.4 Å². The molecule has 0 amide bonds. The molecule has 2 aromatic carbocycles. The van der Waals surface area contributed by atoms with Crippen molar-refractivity contribution in [3.63, 3.8) is 0 Å². The highest BCUT2D eigenvalue weighted by molar-refractivity contribution is 7.13. The van der Waals surface area contributed by atoms with Crippen molar-refractivity contribution < 1.29 is 9.53 Å². The van der Waals surface area contributed by atoms with Crippen LogP contribution in [0.2, 0.25) is 0 Å². The van der Waals surface area contributed by atoms with Gasteiger partial charge in [0.25, 0.3) is 0 Å². The van der Waals surface area contributed by atoms with Crippen LogP contribution in [0.1, 0.15) is 60.3 Å². The van der Waals surface area contributed by atoms with E-state index in [4.69, 9.17) is 9.84 Å². The Morgan fingerprint density at radius 1 is 1.12 bits per heavy atom. The maximum absolute atomic E-state index is 11.7. The van der Waals surface area contributed by atoms with Gasteiger partial charge in [-0.1, -0.05) is 66.6 Å². The van der Waals surface area contributed by atoms with Crippen molar-refractivity contribution >= 4 is 28.1 Å². The lowest BCUT2D eigenvalue weighted by Crippen LogP contribution is -2.41. The number of nitrogens with one attached hydrogen (secondary N) is 2. The van der Waals surface area contributed by atoms with Gasteiger partial charge >= 0.3 is 5.97 Å². The third-order valence-electron chi connectivity index (χ3n) is 6.21. The van der Waals surface area contributed by atoms with E-state index in [0.717, 1.165) is 12.1 Å². The van der Waals surface area contributed by atoms with E-state index in [1.807, 2.05) is 5.38 Å². The molecular weight excluding hydrogens is 444 g/mol. The first kappa shape index (κ1) is 24.1. The number of esters is 1. The highest BCUT2D eigenvalue weighted by Crippen LogP contribution is 2.36. The summed E-state index contributed by atoms with van der Waals surface area (Å²) in [7, 11) is 0. The maximum Gasteiger partial charge on any atom is 0.311 e. The minimum absolute atomic E-state index is 0.150. The van der Waals surface area contributed by atoms with Gasteiger partial charge in [0.05, 0.1) is 18.7 Å². The molecule has 3 aromatic rings. The van der Waals surface area contributed by atoms with E-state index in [1.54, 1.807) is 6.92 Å². The third kappa shape index (κ3) is 5.90. The van der Waals surface area contributed by atoms with Gasteiger partial charge in [-0.2, -0.15) is 5.10 Å². The first-order valence-electron chi connectivity index (χ1n) is 11.7. The fraction of sp³-hybridized carbons (Fsp3) is 0.370.